The zero-order valence-electron chi connectivity index (χ0n) is 10.5. The molecule has 2 rings (SSSR count). The lowest BCUT2D eigenvalue weighted by Gasteiger charge is -2.39. The maximum atomic E-state index is 13.8. The van der Waals surface area contributed by atoms with E-state index in [9.17, 15) is 4.39 Å². The fraction of sp³-hybridized carbons (Fsp3) is 0.571. The molecule has 1 aromatic carbocycles. The molecule has 2 nitrogen and oxygen atoms in total. The van der Waals surface area contributed by atoms with Crippen molar-refractivity contribution in [3.8, 4) is 0 Å². The molecule has 0 amide bonds. The van der Waals surface area contributed by atoms with Gasteiger partial charge in [-0.05, 0) is 39.2 Å². The van der Waals surface area contributed by atoms with Gasteiger partial charge in [0.05, 0.1) is 11.6 Å². The van der Waals surface area contributed by atoms with E-state index in [-0.39, 0.29) is 5.82 Å². The minimum atomic E-state index is -0.438. The summed E-state index contributed by atoms with van der Waals surface area (Å²) in [5, 5.41) is 0. The van der Waals surface area contributed by atoms with E-state index in [1.807, 2.05) is 19.9 Å². The molecule has 1 heterocycles. The van der Waals surface area contributed by atoms with Crippen LogP contribution in [0.1, 0.15) is 43.4 Å². The van der Waals surface area contributed by atoms with Gasteiger partial charge in [-0.1, -0.05) is 17.7 Å². The molecule has 0 radical (unpaired) electrons. The second-order valence-electron chi connectivity index (χ2n) is 5.12. The van der Waals surface area contributed by atoms with Crippen molar-refractivity contribution in [1.29, 1.82) is 0 Å². The van der Waals surface area contributed by atoms with Gasteiger partial charge in [0.1, 0.15) is 5.82 Å². The van der Waals surface area contributed by atoms with E-state index in [4.69, 9.17) is 10.5 Å². The van der Waals surface area contributed by atoms with Crippen LogP contribution >= 0.6 is 0 Å². The van der Waals surface area contributed by atoms with Crippen LogP contribution in [-0.2, 0) is 4.74 Å². The van der Waals surface area contributed by atoms with E-state index in [0.717, 1.165) is 31.4 Å². The molecule has 1 aliphatic rings. The van der Waals surface area contributed by atoms with E-state index in [2.05, 4.69) is 0 Å². The molecule has 1 aromatic rings. The third-order valence-electron chi connectivity index (χ3n) is 3.64. The fourth-order valence-corrected chi connectivity index (χ4v) is 2.43. The van der Waals surface area contributed by atoms with Crippen molar-refractivity contribution >= 4 is 0 Å². The molecule has 0 aliphatic carbocycles. The van der Waals surface area contributed by atoms with Gasteiger partial charge in [0.15, 0.2) is 0 Å². The first kappa shape index (κ1) is 12.5. The standard InChI is InChI=1S/C14H20FNO/c1-10-5-6-12(15)11(9-10)13(16)14(2)7-3-4-8-17-14/h5-6,9,13H,3-4,7-8,16H2,1-2H3. The van der Waals surface area contributed by atoms with Crippen molar-refractivity contribution in [1.82, 2.24) is 0 Å². The lowest BCUT2D eigenvalue weighted by Crippen LogP contribution is -2.43. The van der Waals surface area contributed by atoms with Gasteiger partial charge in [-0.3, -0.25) is 0 Å². The molecular weight excluding hydrogens is 217 g/mol. The van der Waals surface area contributed by atoms with Crippen molar-refractivity contribution in [2.45, 2.75) is 44.8 Å². The maximum absolute atomic E-state index is 13.8. The predicted octanol–water partition coefficient (Wildman–Crippen LogP) is 3.09. The molecule has 0 bridgehead atoms. The molecule has 1 aliphatic heterocycles. The minimum absolute atomic E-state index is 0.238. The van der Waals surface area contributed by atoms with Crippen LogP contribution in [0.15, 0.2) is 18.2 Å². The van der Waals surface area contributed by atoms with Gasteiger partial charge in [-0.2, -0.15) is 0 Å². The third kappa shape index (κ3) is 2.50. The van der Waals surface area contributed by atoms with Gasteiger partial charge in [-0.15, -0.1) is 0 Å². The van der Waals surface area contributed by atoms with Crippen molar-refractivity contribution in [2.75, 3.05) is 6.61 Å². The number of ether oxygens (including phenoxy) is 1. The second-order valence-corrected chi connectivity index (χ2v) is 5.12. The molecule has 0 spiro atoms. The highest BCUT2D eigenvalue weighted by atomic mass is 19.1. The topological polar surface area (TPSA) is 35.2 Å². The van der Waals surface area contributed by atoms with Crippen LogP contribution < -0.4 is 5.73 Å². The summed E-state index contributed by atoms with van der Waals surface area (Å²) < 4.78 is 19.6. The average Bonchev–Trinajstić information content (AvgIpc) is 2.32. The van der Waals surface area contributed by atoms with Crippen LogP contribution in [0.3, 0.4) is 0 Å². The Morgan fingerprint density at radius 2 is 2.18 bits per heavy atom. The van der Waals surface area contributed by atoms with Gasteiger partial charge < -0.3 is 10.5 Å². The molecule has 2 atom stereocenters. The zero-order chi connectivity index (χ0) is 12.5. The normalized spacial score (nSPS) is 26.8. The number of nitrogens with two attached hydrogens (primary N) is 1. The summed E-state index contributed by atoms with van der Waals surface area (Å²) in [4.78, 5) is 0. The number of hydrogen-bond acceptors (Lipinski definition) is 2. The van der Waals surface area contributed by atoms with Crippen molar-refractivity contribution < 1.29 is 9.13 Å². The smallest absolute Gasteiger partial charge is 0.128 e. The Bertz CT molecular complexity index is 399. The minimum Gasteiger partial charge on any atom is -0.373 e. The quantitative estimate of drug-likeness (QED) is 0.857. The Balaban J connectivity index is 2.29. The predicted molar refractivity (Wildman–Crippen MR) is 66.3 cm³/mol. The van der Waals surface area contributed by atoms with Crippen molar-refractivity contribution in [2.24, 2.45) is 5.73 Å². The van der Waals surface area contributed by atoms with Crippen LogP contribution in [0.25, 0.3) is 0 Å². The maximum Gasteiger partial charge on any atom is 0.128 e. The lowest BCUT2D eigenvalue weighted by atomic mass is 9.84. The summed E-state index contributed by atoms with van der Waals surface area (Å²) in [7, 11) is 0. The molecular formula is C14H20FNO. The first-order chi connectivity index (χ1) is 8.03. The first-order valence-corrected chi connectivity index (χ1v) is 6.18. The fourth-order valence-electron chi connectivity index (χ4n) is 2.43. The molecule has 3 heteroatoms. The van der Waals surface area contributed by atoms with Crippen LogP contribution in [0.4, 0.5) is 4.39 Å². The van der Waals surface area contributed by atoms with Crippen molar-refractivity contribution in [3.05, 3.63) is 35.1 Å². The van der Waals surface area contributed by atoms with Crippen LogP contribution in [0.5, 0.6) is 0 Å². The first-order valence-electron chi connectivity index (χ1n) is 6.18. The number of benzene rings is 1. The second kappa shape index (κ2) is 4.75. The molecule has 0 saturated carbocycles. The summed E-state index contributed by atoms with van der Waals surface area (Å²) in [6, 6.07) is 4.66. The van der Waals surface area contributed by atoms with E-state index in [1.165, 1.54) is 6.07 Å². The Kier molecular flexibility index (Phi) is 3.50. The number of aryl methyl sites for hydroxylation is 1. The molecule has 94 valence electrons. The van der Waals surface area contributed by atoms with E-state index < -0.39 is 11.6 Å². The van der Waals surface area contributed by atoms with Crippen molar-refractivity contribution in [3.63, 3.8) is 0 Å². The Hall–Kier alpha value is -0.930. The molecule has 2 N–H and O–H groups in total. The lowest BCUT2D eigenvalue weighted by molar-refractivity contribution is -0.0826. The molecule has 1 fully saturated rings. The summed E-state index contributed by atoms with van der Waals surface area (Å²) in [6.45, 7) is 4.65. The average molecular weight is 237 g/mol. The van der Waals surface area contributed by atoms with Gasteiger partial charge >= 0.3 is 0 Å². The summed E-state index contributed by atoms with van der Waals surface area (Å²) >= 11 is 0. The van der Waals surface area contributed by atoms with Gasteiger partial charge in [-0.25, -0.2) is 4.39 Å². The summed E-state index contributed by atoms with van der Waals surface area (Å²) in [5.41, 5.74) is 7.36. The van der Waals surface area contributed by atoms with Crippen LogP contribution in [0.2, 0.25) is 0 Å². The molecule has 2 unspecified atom stereocenters. The Morgan fingerprint density at radius 1 is 1.41 bits per heavy atom. The van der Waals surface area contributed by atoms with Gasteiger partial charge in [0.2, 0.25) is 0 Å². The summed E-state index contributed by atoms with van der Waals surface area (Å²) in [6.07, 6.45) is 3.05. The SMILES string of the molecule is Cc1ccc(F)c(C(N)C2(C)CCCCO2)c1. The number of rotatable bonds is 2. The van der Waals surface area contributed by atoms with E-state index >= 15 is 0 Å². The van der Waals surface area contributed by atoms with Gasteiger partial charge in [0.25, 0.3) is 0 Å². The highest BCUT2D eigenvalue weighted by Crippen LogP contribution is 2.36. The summed E-state index contributed by atoms with van der Waals surface area (Å²) in [5.74, 6) is -0.238. The van der Waals surface area contributed by atoms with E-state index in [1.54, 1.807) is 6.07 Å². The Labute approximate surface area is 102 Å². The Morgan fingerprint density at radius 3 is 2.82 bits per heavy atom. The molecule has 1 saturated heterocycles. The van der Waals surface area contributed by atoms with Crippen LogP contribution in [-0.4, -0.2) is 12.2 Å². The number of halogens is 1. The highest BCUT2D eigenvalue weighted by Gasteiger charge is 2.36. The monoisotopic (exact) mass is 237 g/mol. The largest absolute Gasteiger partial charge is 0.373 e. The number of hydrogen-bond donors (Lipinski definition) is 1. The van der Waals surface area contributed by atoms with Gasteiger partial charge in [0, 0.05) is 12.2 Å². The highest BCUT2D eigenvalue weighted by molar-refractivity contribution is 5.28. The van der Waals surface area contributed by atoms with Crippen LogP contribution in [0, 0.1) is 12.7 Å². The zero-order valence-corrected chi connectivity index (χ0v) is 10.5. The third-order valence-corrected chi connectivity index (χ3v) is 3.64. The molecule has 17 heavy (non-hydrogen) atoms. The van der Waals surface area contributed by atoms with E-state index in [0.29, 0.717) is 5.56 Å². The molecule has 0 aromatic heterocycles.